The number of aliphatic hydroxyl groups excluding tert-OH is 1. The number of hydrogen-bond donors (Lipinski definition) is 2. The van der Waals surface area contributed by atoms with E-state index in [4.69, 9.17) is 9.47 Å². The van der Waals surface area contributed by atoms with E-state index in [1.165, 1.54) is 12.8 Å². The molecular weight excluding hydrogens is 254 g/mol. The number of nitrogens with one attached hydrogen (secondary N) is 1. The third-order valence-corrected chi connectivity index (χ3v) is 4.50. The second-order valence-corrected chi connectivity index (χ2v) is 5.91. The zero-order valence-corrected chi connectivity index (χ0v) is 12.8. The van der Waals surface area contributed by atoms with Gasteiger partial charge in [0.05, 0.1) is 20.3 Å². The van der Waals surface area contributed by atoms with Gasteiger partial charge < -0.3 is 19.9 Å². The highest BCUT2D eigenvalue weighted by molar-refractivity contribution is 5.41. The minimum atomic E-state index is -0.607. The molecule has 1 saturated carbocycles. The van der Waals surface area contributed by atoms with E-state index in [1.54, 1.807) is 14.2 Å². The van der Waals surface area contributed by atoms with Gasteiger partial charge in [0.15, 0.2) is 0 Å². The fourth-order valence-electron chi connectivity index (χ4n) is 2.37. The van der Waals surface area contributed by atoms with Crippen molar-refractivity contribution in [2.24, 2.45) is 5.41 Å². The van der Waals surface area contributed by atoms with E-state index < -0.39 is 6.10 Å². The van der Waals surface area contributed by atoms with Crippen molar-refractivity contribution in [2.45, 2.75) is 38.8 Å². The fourth-order valence-corrected chi connectivity index (χ4v) is 2.37. The topological polar surface area (TPSA) is 50.7 Å². The van der Waals surface area contributed by atoms with Crippen molar-refractivity contribution in [3.05, 3.63) is 23.8 Å². The first-order chi connectivity index (χ1) is 9.50. The maximum absolute atomic E-state index is 10.4. The molecule has 1 aliphatic rings. The Morgan fingerprint density at radius 2 is 2.00 bits per heavy atom. The van der Waals surface area contributed by atoms with E-state index in [1.807, 2.05) is 18.2 Å². The van der Waals surface area contributed by atoms with Crippen LogP contribution in [0.15, 0.2) is 18.2 Å². The molecular formula is C16H25NO3. The van der Waals surface area contributed by atoms with Crippen LogP contribution in [0.25, 0.3) is 0 Å². The molecule has 0 amide bonds. The van der Waals surface area contributed by atoms with Crippen LogP contribution in [0.4, 0.5) is 0 Å². The van der Waals surface area contributed by atoms with Crippen molar-refractivity contribution in [1.82, 2.24) is 5.32 Å². The summed E-state index contributed by atoms with van der Waals surface area (Å²) in [7, 11) is 3.23. The van der Waals surface area contributed by atoms with Gasteiger partial charge in [-0.1, -0.05) is 6.92 Å². The molecule has 0 aromatic heterocycles. The molecule has 2 N–H and O–H groups in total. The zero-order chi connectivity index (χ0) is 14.8. The van der Waals surface area contributed by atoms with E-state index in [9.17, 15) is 5.11 Å². The van der Waals surface area contributed by atoms with Crippen molar-refractivity contribution in [1.29, 1.82) is 0 Å². The molecule has 1 aromatic rings. The molecule has 4 heteroatoms. The van der Waals surface area contributed by atoms with Gasteiger partial charge in [0, 0.05) is 18.2 Å². The zero-order valence-electron chi connectivity index (χ0n) is 12.8. The molecule has 112 valence electrons. The Kier molecular flexibility index (Phi) is 4.55. The first-order valence-corrected chi connectivity index (χ1v) is 7.13. The number of rotatable bonds is 7. The van der Waals surface area contributed by atoms with Crippen LogP contribution in [-0.2, 0) is 0 Å². The average molecular weight is 279 g/mol. The van der Waals surface area contributed by atoms with Gasteiger partial charge in [-0.3, -0.25) is 0 Å². The second kappa shape index (κ2) is 6.02. The maximum atomic E-state index is 10.4. The third kappa shape index (κ3) is 3.25. The van der Waals surface area contributed by atoms with Crippen LogP contribution in [0.5, 0.6) is 11.5 Å². The highest BCUT2D eigenvalue weighted by Gasteiger charge is 2.42. The molecule has 2 rings (SSSR count). The Bertz CT molecular complexity index is 457. The van der Waals surface area contributed by atoms with Gasteiger partial charge >= 0.3 is 0 Å². The summed E-state index contributed by atoms with van der Waals surface area (Å²) in [4.78, 5) is 0. The molecule has 1 aliphatic carbocycles. The standard InChI is InChI=1S/C16H25NO3/c1-11(16(2)7-8-16)17-10-14(18)13-9-12(19-3)5-6-15(13)20-4/h5-6,9,11,14,17-18H,7-8,10H2,1-4H3/t11-,14-/m1/s1. The normalized spacial score (nSPS) is 19.2. The molecule has 0 heterocycles. The minimum absolute atomic E-state index is 0.401. The first-order valence-electron chi connectivity index (χ1n) is 7.13. The summed E-state index contributed by atoms with van der Waals surface area (Å²) >= 11 is 0. The van der Waals surface area contributed by atoms with Gasteiger partial charge in [0.25, 0.3) is 0 Å². The van der Waals surface area contributed by atoms with Gasteiger partial charge in [0.2, 0.25) is 0 Å². The summed E-state index contributed by atoms with van der Waals surface area (Å²) in [5.41, 5.74) is 1.16. The number of methoxy groups -OCH3 is 2. The van der Waals surface area contributed by atoms with Crippen LogP contribution in [0.2, 0.25) is 0 Å². The Morgan fingerprint density at radius 1 is 1.30 bits per heavy atom. The largest absolute Gasteiger partial charge is 0.497 e. The Labute approximate surface area is 121 Å². The molecule has 1 fully saturated rings. The Balaban J connectivity index is 2.02. The van der Waals surface area contributed by atoms with Crippen LogP contribution in [0.3, 0.4) is 0 Å². The van der Waals surface area contributed by atoms with Gasteiger partial charge in [-0.25, -0.2) is 0 Å². The van der Waals surface area contributed by atoms with Crippen molar-refractivity contribution in [2.75, 3.05) is 20.8 Å². The lowest BCUT2D eigenvalue weighted by Crippen LogP contribution is -2.36. The van der Waals surface area contributed by atoms with E-state index in [-0.39, 0.29) is 0 Å². The van der Waals surface area contributed by atoms with Gasteiger partial charge in [-0.15, -0.1) is 0 Å². The van der Waals surface area contributed by atoms with Crippen LogP contribution < -0.4 is 14.8 Å². The summed E-state index contributed by atoms with van der Waals surface area (Å²) in [5, 5.41) is 13.8. The molecule has 2 atom stereocenters. The van der Waals surface area contributed by atoms with Crippen LogP contribution in [0.1, 0.15) is 38.4 Å². The summed E-state index contributed by atoms with van der Waals surface area (Å²) in [6, 6.07) is 5.89. The first kappa shape index (κ1) is 15.1. The SMILES string of the molecule is COc1ccc(OC)c([C@H](O)CN[C@H](C)C2(C)CC2)c1. The van der Waals surface area contributed by atoms with E-state index >= 15 is 0 Å². The fraction of sp³-hybridized carbons (Fsp3) is 0.625. The minimum Gasteiger partial charge on any atom is -0.497 e. The molecule has 0 unspecified atom stereocenters. The number of ether oxygens (including phenoxy) is 2. The van der Waals surface area contributed by atoms with Crippen LogP contribution in [0, 0.1) is 5.41 Å². The highest BCUT2D eigenvalue weighted by atomic mass is 16.5. The van der Waals surface area contributed by atoms with Gasteiger partial charge in [-0.05, 0) is 43.4 Å². The molecule has 4 nitrogen and oxygen atoms in total. The van der Waals surface area contributed by atoms with Gasteiger partial charge in [-0.2, -0.15) is 0 Å². The Morgan fingerprint density at radius 3 is 2.55 bits per heavy atom. The van der Waals surface area contributed by atoms with E-state index in [0.29, 0.717) is 23.8 Å². The van der Waals surface area contributed by atoms with Crippen LogP contribution in [-0.4, -0.2) is 31.9 Å². The summed E-state index contributed by atoms with van der Waals surface area (Å²) in [5.74, 6) is 1.41. The molecule has 1 aromatic carbocycles. The van der Waals surface area contributed by atoms with E-state index in [2.05, 4.69) is 19.2 Å². The molecule has 20 heavy (non-hydrogen) atoms. The molecule has 0 bridgehead atoms. The lowest BCUT2D eigenvalue weighted by atomic mass is 10.00. The molecule has 0 spiro atoms. The average Bonchev–Trinajstić information content (AvgIpc) is 3.22. The summed E-state index contributed by atoms with van der Waals surface area (Å²) in [6.07, 6.45) is 1.92. The lowest BCUT2D eigenvalue weighted by Gasteiger charge is -2.23. The van der Waals surface area contributed by atoms with Crippen molar-refractivity contribution in [3.63, 3.8) is 0 Å². The quantitative estimate of drug-likeness (QED) is 0.805. The molecule has 0 radical (unpaired) electrons. The van der Waals surface area contributed by atoms with Gasteiger partial charge in [0.1, 0.15) is 11.5 Å². The van der Waals surface area contributed by atoms with E-state index in [0.717, 1.165) is 11.3 Å². The van der Waals surface area contributed by atoms with Crippen LogP contribution >= 0.6 is 0 Å². The lowest BCUT2D eigenvalue weighted by molar-refractivity contribution is 0.160. The Hall–Kier alpha value is -1.26. The second-order valence-electron chi connectivity index (χ2n) is 5.91. The van der Waals surface area contributed by atoms with Crippen molar-refractivity contribution >= 4 is 0 Å². The number of aliphatic hydroxyl groups is 1. The maximum Gasteiger partial charge on any atom is 0.124 e. The highest BCUT2D eigenvalue weighted by Crippen LogP contribution is 2.48. The predicted molar refractivity (Wildman–Crippen MR) is 79.3 cm³/mol. The number of hydrogen-bond acceptors (Lipinski definition) is 4. The third-order valence-electron chi connectivity index (χ3n) is 4.50. The smallest absolute Gasteiger partial charge is 0.124 e. The predicted octanol–water partition coefficient (Wildman–Crippen LogP) is 2.52. The van der Waals surface area contributed by atoms with Crippen molar-refractivity contribution in [3.8, 4) is 11.5 Å². The van der Waals surface area contributed by atoms with Crippen molar-refractivity contribution < 1.29 is 14.6 Å². The molecule has 0 aliphatic heterocycles. The summed E-state index contributed by atoms with van der Waals surface area (Å²) < 4.78 is 10.5. The summed E-state index contributed by atoms with van der Waals surface area (Å²) in [6.45, 7) is 4.98. The monoisotopic (exact) mass is 279 g/mol. The molecule has 0 saturated heterocycles. The number of benzene rings is 1.